The van der Waals surface area contributed by atoms with Gasteiger partial charge in [0.1, 0.15) is 0 Å². The van der Waals surface area contributed by atoms with Gasteiger partial charge in [0.05, 0.1) is 6.61 Å². The maximum Gasteiger partial charge on any atom is 0.0582 e. The highest BCUT2D eigenvalue weighted by Gasteiger charge is 2.05. The predicted octanol–water partition coefficient (Wildman–Crippen LogP) is 2.59. The largest absolute Gasteiger partial charge is 0.395 e. The molecule has 0 aliphatic carbocycles. The SMILES string of the molecule is Cc1ccc(C(C)C)cc1CNC(C)CO. The molecule has 0 saturated carbocycles. The Morgan fingerprint density at radius 1 is 1.25 bits per heavy atom. The average molecular weight is 221 g/mol. The van der Waals surface area contributed by atoms with Crippen LogP contribution in [0.4, 0.5) is 0 Å². The number of benzene rings is 1. The van der Waals surface area contributed by atoms with Gasteiger partial charge >= 0.3 is 0 Å². The Morgan fingerprint density at radius 2 is 1.94 bits per heavy atom. The van der Waals surface area contributed by atoms with Gasteiger partial charge in [-0.1, -0.05) is 32.0 Å². The molecule has 2 nitrogen and oxygen atoms in total. The molecule has 0 saturated heterocycles. The Bertz CT molecular complexity index is 334. The van der Waals surface area contributed by atoms with E-state index in [-0.39, 0.29) is 12.6 Å². The number of hydrogen-bond acceptors (Lipinski definition) is 2. The third kappa shape index (κ3) is 3.62. The molecule has 1 rings (SSSR count). The van der Waals surface area contributed by atoms with Crippen LogP contribution in [0.15, 0.2) is 18.2 Å². The highest BCUT2D eigenvalue weighted by molar-refractivity contribution is 5.32. The molecule has 1 aromatic carbocycles. The highest BCUT2D eigenvalue weighted by atomic mass is 16.3. The molecular weight excluding hydrogens is 198 g/mol. The van der Waals surface area contributed by atoms with Crippen molar-refractivity contribution in [1.29, 1.82) is 0 Å². The van der Waals surface area contributed by atoms with Crippen LogP contribution in [0.2, 0.25) is 0 Å². The van der Waals surface area contributed by atoms with Gasteiger partial charge in [0.15, 0.2) is 0 Å². The molecule has 0 bridgehead atoms. The molecule has 0 amide bonds. The summed E-state index contributed by atoms with van der Waals surface area (Å²) >= 11 is 0. The molecule has 1 unspecified atom stereocenters. The molecular formula is C14H23NO. The van der Waals surface area contributed by atoms with Gasteiger partial charge in [-0.25, -0.2) is 0 Å². The molecule has 90 valence electrons. The summed E-state index contributed by atoms with van der Waals surface area (Å²) in [7, 11) is 0. The lowest BCUT2D eigenvalue weighted by molar-refractivity contribution is 0.251. The third-order valence-corrected chi connectivity index (χ3v) is 2.95. The molecule has 0 aliphatic rings. The second-order valence-electron chi connectivity index (χ2n) is 4.81. The maximum atomic E-state index is 8.96. The van der Waals surface area contributed by atoms with E-state index in [1.807, 2.05) is 6.92 Å². The van der Waals surface area contributed by atoms with Crippen LogP contribution < -0.4 is 5.32 Å². The number of nitrogens with one attached hydrogen (secondary N) is 1. The maximum absolute atomic E-state index is 8.96. The summed E-state index contributed by atoms with van der Waals surface area (Å²) in [6.45, 7) is 9.54. The van der Waals surface area contributed by atoms with Gasteiger partial charge in [-0.2, -0.15) is 0 Å². The smallest absolute Gasteiger partial charge is 0.0582 e. The number of aryl methyl sites for hydroxylation is 1. The van der Waals surface area contributed by atoms with Crippen molar-refractivity contribution >= 4 is 0 Å². The summed E-state index contributed by atoms with van der Waals surface area (Å²) < 4.78 is 0. The van der Waals surface area contributed by atoms with Gasteiger partial charge in [0.25, 0.3) is 0 Å². The molecule has 0 aromatic heterocycles. The zero-order valence-corrected chi connectivity index (χ0v) is 10.7. The number of hydrogen-bond donors (Lipinski definition) is 2. The lowest BCUT2D eigenvalue weighted by Crippen LogP contribution is -2.28. The first kappa shape index (κ1) is 13.2. The summed E-state index contributed by atoms with van der Waals surface area (Å²) in [4.78, 5) is 0. The summed E-state index contributed by atoms with van der Waals surface area (Å²) in [5, 5.41) is 12.3. The van der Waals surface area contributed by atoms with Crippen LogP contribution in [0.25, 0.3) is 0 Å². The van der Waals surface area contributed by atoms with Gasteiger partial charge in [-0.3, -0.25) is 0 Å². The molecule has 0 heterocycles. The minimum absolute atomic E-state index is 0.155. The number of rotatable bonds is 5. The molecule has 2 heteroatoms. The summed E-state index contributed by atoms with van der Waals surface area (Å²) in [5.41, 5.74) is 4.01. The van der Waals surface area contributed by atoms with Crippen molar-refractivity contribution in [2.24, 2.45) is 0 Å². The second kappa shape index (κ2) is 6.02. The molecule has 0 aliphatic heterocycles. The normalized spacial score (nSPS) is 13.1. The highest BCUT2D eigenvalue weighted by Crippen LogP contribution is 2.18. The van der Waals surface area contributed by atoms with E-state index in [9.17, 15) is 0 Å². The first-order valence-electron chi connectivity index (χ1n) is 5.98. The van der Waals surface area contributed by atoms with Crippen molar-refractivity contribution < 1.29 is 5.11 Å². The minimum Gasteiger partial charge on any atom is -0.395 e. The van der Waals surface area contributed by atoms with Crippen molar-refractivity contribution in [3.05, 3.63) is 34.9 Å². The Kier molecular flexibility index (Phi) is 4.97. The first-order chi connectivity index (χ1) is 7.54. The Hall–Kier alpha value is -0.860. The Morgan fingerprint density at radius 3 is 2.50 bits per heavy atom. The minimum atomic E-state index is 0.155. The van der Waals surface area contributed by atoms with Crippen LogP contribution in [0.5, 0.6) is 0 Å². The Balaban J connectivity index is 2.74. The number of aliphatic hydroxyl groups excluding tert-OH is 1. The van der Waals surface area contributed by atoms with Gasteiger partial charge < -0.3 is 10.4 Å². The van der Waals surface area contributed by atoms with Crippen molar-refractivity contribution in [2.75, 3.05) is 6.61 Å². The van der Waals surface area contributed by atoms with E-state index in [1.54, 1.807) is 0 Å². The molecule has 1 aromatic rings. The molecule has 0 spiro atoms. The number of aliphatic hydroxyl groups is 1. The molecule has 2 N–H and O–H groups in total. The topological polar surface area (TPSA) is 32.3 Å². The predicted molar refractivity (Wildman–Crippen MR) is 68.7 cm³/mol. The van der Waals surface area contributed by atoms with Gasteiger partial charge in [-0.15, -0.1) is 0 Å². The molecule has 1 atom stereocenters. The van der Waals surface area contributed by atoms with Crippen molar-refractivity contribution in [1.82, 2.24) is 5.32 Å². The lowest BCUT2D eigenvalue weighted by Gasteiger charge is -2.14. The van der Waals surface area contributed by atoms with Crippen LogP contribution >= 0.6 is 0 Å². The zero-order valence-electron chi connectivity index (χ0n) is 10.7. The van der Waals surface area contributed by atoms with Crippen LogP contribution in [-0.2, 0) is 6.54 Å². The van der Waals surface area contributed by atoms with Crippen molar-refractivity contribution in [2.45, 2.75) is 46.2 Å². The summed E-state index contributed by atoms with van der Waals surface area (Å²) in [6.07, 6.45) is 0. The fraction of sp³-hybridized carbons (Fsp3) is 0.571. The van der Waals surface area contributed by atoms with E-state index in [0.717, 1.165) is 6.54 Å². The first-order valence-corrected chi connectivity index (χ1v) is 5.98. The van der Waals surface area contributed by atoms with Crippen LogP contribution in [0.3, 0.4) is 0 Å². The monoisotopic (exact) mass is 221 g/mol. The zero-order chi connectivity index (χ0) is 12.1. The quantitative estimate of drug-likeness (QED) is 0.801. The van der Waals surface area contributed by atoms with E-state index in [1.165, 1.54) is 16.7 Å². The van der Waals surface area contributed by atoms with Gasteiger partial charge in [0, 0.05) is 12.6 Å². The molecule has 0 fully saturated rings. The lowest BCUT2D eigenvalue weighted by atomic mass is 9.98. The van der Waals surface area contributed by atoms with Crippen LogP contribution in [-0.4, -0.2) is 17.8 Å². The summed E-state index contributed by atoms with van der Waals surface area (Å²) in [5.74, 6) is 0.564. The van der Waals surface area contributed by atoms with E-state index in [2.05, 4.69) is 44.3 Å². The van der Waals surface area contributed by atoms with Gasteiger partial charge in [0.2, 0.25) is 0 Å². The summed E-state index contributed by atoms with van der Waals surface area (Å²) in [6, 6.07) is 6.79. The van der Waals surface area contributed by atoms with Crippen LogP contribution in [0.1, 0.15) is 43.4 Å². The van der Waals surface area contributed by atoms with E-state index in [0.29, 0.717) is 5.92 Å². The average Bonchev–Trinajstić information content (AvgIpc) is 2.27. The van der Waals surface area contributed by atoms with Crippen LogP contribution in [0, 0.1) is 6.92 Å². The van der Waals surface area contributed by atoms with Crippen molar-refractivity contribution in [3.63, 3.8) is 0 Å². The van der Waals surface area contributed by atoms with E-state index < -0.39 is 0 Å². The molecule has 16 heavy (non-hydrogen) atoms. The fourth-order valence-electron chi connectivity index (χ4n) is 1.59. The van der Waals surface area contributed by atoms with Crippen molar-refractivity contribution in [3.8, 4) is 0 Å². The third-order valence-electron chi connectivity index (χ3n) is 2.95. The van der Waals surface area contributed by atoms with E-state index in [4.69, 9.17) is 5.11 Å². The van der Waals surface area contributed by atoms with E-state index >= 15 is 0 Å². The Labute approximate surface area is 98.7 Å². The standard InChI is InChI=1S/C14H23NO/c1-10(2)13-6-5-11(3)14(7-13)8-15-12(4)9-16/h5-7,10,12,15-16H,8-9H2,1-4H3. The second-order valence-corrected chi connectivity index (χ2v) is 4.81. The fourth-order valence-corrected chi connectivity index (χ4v) is 1.59. The van der Waals surface area contributed by atoms with Gasteiger partial charge in [-0.05, 0) is 36.5 Å². The molecule has 0 radical (unpaired) electrons.